The number of rotatable bonds is 3. The number of hydrogen-bond donors (Lipinski definition) is 0. The fraction of sp³-hybridized carbons (Fsp3) is 0.579. The molecular formula is C19H27FN2O3. The lowest BCUT2D eigenvalue weighted by Crippen LogP contribution is -2.52. The largest absolute Gasteiger partial charge is 0.444 e. The van der Waals surface area contributed by atoms with Gasteiger partial charge in [-0.25, -0.2) is 9.18 Å². The van der Waals surface area contributed by atoms with Crippen molar-refractivity contribution < 1.29 is 18.7 Å². The second-order valence-corrected chi connectivity index (χ2v) is 7.31. The van der Waals surface area contributed by atoms with Gasteiger partial charge in [0.2, 0.25) is 5.91 Å². The number of carbonyl (C=O) groups is 2. The molecule has 1 saturated heterocycles. The van der Waals surface area contributed by atoms with Gasteiger partial charge in [0, 0.05) is 26.2 Å². The third-order valence-corrected chi connectivity index (χ3v) is 4.22. The molecule has 1 unspecified atom stereocenters. The second kappa shape index (κ2) is 7.85. The van der Waals surface area contributed by atoms with Gasteiger partial charge in [0.05, 0.1) is 5.92 Å². The Hall–Kier alpha value is -2.11. The van der Waals surface area contributed by atoms with E-state index in [1.54, 1.807) is 21.9 Å². The van der Waals surface area contributed by atoms with Gasteiger partial charge >= 0.3 is 6.09 Å². The zero-order valence-electron chi connectivity index (χ0n) is 15.4. The van der Waals surface area contributed by atoms with E-state index in [9.17, 15) is 14.0 Å². The Kier molecular flexibility index (Phi) is 6.03. The molecule has 2 amide bonds. The summed E-state index contributed by atoms with van der Waals surface area (Å²) in [5, 5.41) is 0. The van der Waals surface area contributed by atoms with E-state index in [-0.39, 0.29) is 23.7 Å². The standard InChI is InChI=1S/C19H27FN2O3/c1-5-16(14-6-8-15(20)9-7-14)17(23)21-10-12-22(13-11-21)18(24)25-19(2,3)4/h6-9,16H,5,10-13H2,1-4H3. The molecule has 0 spiro atoms. The molecule has 1 heterocycles. The Bertz CT molecular complexity index is 602. The maximum atomic E-state index is 13.1. The first kappa shape index (κ1) is 19.2. The summed E-state index contributed by atoms with van der Waals surface area (Å²) in [6, 6.07) is 6.09. The fourth-order valence-electron chi connectivity index (χ4n) is 2.90. The molecule has 0 saturated carbocycles. The van der Waals surface area contributed by atoms with Gasteiger partial charge in [-0.15, -0.1) is 0 Å². The predicted molar refractivity (Wildman–Crippen MR) is 93.8 cm³/mol. The molecule has 1 fully saturated rings. The first-order valence-corrected chi connectivity index (χ1v) is 8.73. The van der Waals surface area contributed by atoms with Crippen LogP contribution in [0, 0.1) is 5.82 Å². The van der Waals surface area contributed by atoms with Gasteiger partial charge in [0.25, 0.3) is 0 Å². The van der Waals surface area contributed by atoms with Crippen molar-refractivity contribution in [2.75, 3.05) is 26.2 Å². The summed E-state index contributed by atoms with van der Waals surface area (Å²) in [7, 11) is 0. The van der Waals surface area contributed by atoms with Crippen molar-refractivity contribution in [3.63, 3.8) is 0 Å². The van der Waals surface area contributed by atoms with Crippen molar-refractivity contribution >= 4 is 12.0 Å². The molecule has 1 aromatic carbocycles. The van der Waals surface area contributed by atoms with Crippen LogP contribution in [0.3, 0.4) is 0 Å². The van der Waals surface area contributed by atoms with Crippen molar-refractivity contribution in [3.05, 3.63) is 35.6 Å². The normalized spacial score (nSPS) is 16.5. The van der Waals surface area contributed by atoms with E-state index in [0.29, 0.717) is 32.6 Å². The predicted octanol–water partition coefficient (Wildman–Crippen LogP) is 3.40. The van der Waals surface area contributed by atoms with Crippen LogP contribution >= 0.6 is 0 Å². The Morgan fingerprint density at radius 2 is 1.60 bits per heavy atom. The molecule has 1 atom stereocenters. The van der Waals surface area contributed by atoms with Crippen molar-refractivity contribution in [3.8, 4) is 0 Å². The summed E-state index contributed by atoms with van der Waals surface area (Å²) in [5.74, 6) is -0.566. The second-order valence-electron chi connectivity index (χ2n) is 7.31. The molecule has 1 aliphatic rings. The number of piperazine rings is 1. The van der Waals surface area contributed by atoms with Crippen LogP contribution < -0.4 is 0 Å². The zero-order chi connectivity index (χ0) is 18.6. The molecule has 0 aliphatic carbocycles. The number of halogens is 1. The molecule has 1 aliphatic heterocycles. The minimum atomic E-state index is -0.528. The summed E-state index contributed by atoms with van der Waals surface area (Å²) in [6.07, 6.45) is 0.307. The molecule has 0 radical (unpaired) electrons. The SMILES string of the molecule is CCC(C(=O)N1CCN(C(=O)OC(C)(C)C)CC1)c1ccc(F)cc1. The summed E-state index contributed by atoms with van der Waals surface area (Å²) in [6.45, 7) is 9.33. The van der Waals surface area contributed by atoms with Gasteiger partial charge < -0.3 is 14.5 Å². The lowest BCUT2D eigenvalue weighted by Gasteiger charge is -2.37. The van der Waals surface area contributed by atoms with Crippen LogP contribution in [-0.4, -0.2) is 53.6 Å². The molecule has 25 heavy (non-hydrogen) atoms. The van der Waals surface area contributed by atoms with E-state index < -0.39 is 5.60 Å². The monoisotopic (exact) mass is 350 g/mol. The smallest absolute Gasteiger partial charge is 0.410 e. The minimum Gasteiger partial charge on any atom is -0.444 e. The summed E-state index contributed by atoms with van der Waals surface area (Å²) >= 11 is 0. The summed E-state index contributed by atoms with van der Waals surface area (Å²) in [5.41, 5.74) is 0.295. The first-order chi connectivity index (χ1) is 11.7. The number of carbonyl (C=O) groups excluding carboxylic acids is 2. The number of nitrogens with zero attached hydrogens (tertiary/aromatic N) is 2. The Labute approximate surface area is 148 Å². The van der Waals surface area contributed by atoms with Crippen molar-refractivity contribution in [1.82, 2.24) is 9.80 Å². The maximum absolute atomic E-state index is 13.1. The lowest BCUT2D eigenvalue weighted by atomic mass is 9.94. The summed E-state index contributed by atoms with van der Waals surface area (Å²) in [4.78, 5) is 28.3. The molecular weight excluding hydrogens is 323 g/mol. The topological polar surface area (TPSA) is 49.9 Å². The van der Waals surface area contributed by atoms with Gasteiger partial charge in [0.1, 0.15) is 11.4 Å². The van der Waals surface area contributed by atoms with Crippen LogP contribution in [0.1, 0.15) is 45.6 Å². The van der Waals surface area contributed by atoms with E-state index in [4.69, 9.17) is 4.74 Å². The van der Waals surface area contributed by atoms with Gasteiger partial charge in [-0.3, -0.25) is 4.79 Å². The average Bonchev–Trinajstić information content (AvgIpc) is 2.55. The quantitative estimate of drug-likeness (QED) is 0.839. The van der Waals surface area contributed by atoms with E-state index >= 15 is 0 Å². The molecule has 138 valence electrons. The number of amides is 2. The van der Waals surface area contributed by atoms with Crippen LogP contribution in [-0.2, 0) is 9.53 Å². The van der Waals surface area contributed by atoms with Gasteiger partial charge in [0.15, 0.2) is 0 Å². The third-order valence-electron chi connectivity index (χ3n) is 4.22. The molecule has 2 rings (SSSR count). The lowest BCUT2D eigenvalue weighted by molar-refractivity contribution is -0.134. The zero-order valence-corrected chi connectivity index (χ0v) is 15.4. The van der Waals surface area contributed by atoms with Gasteiger partial charge in [-0.2, -0.15) is 0 Å². The van der Waals surface area contributed by atoms with Crippen molar-refractivity contribution in [1.29, 1.82) is 0 Å². The molecule has 1 aromatic rings. The summed E-state index contributed by atoms with van der Waals surface area (Å²) < 4.78 is 18.5. The minimum absolute atomic E-state index is 0.0259. The molecule has 6 heteroatoms. The molecule has 0 N–H and O–H groups in total. The highest BCUT2D eigenvalue weighted by Gasteiger charge is 2.30. The van der Waals surface area contributed by atoms with Crippen molar-refractivity contribution in [2.24, 2.45) is 0 Å². The molecule has 0 aromatic heterocycles. The van der Waals surface area contributed by atoms with Crippen LogP contribution in [0.5, 0.6) is 0 Å². The van der Waals surface area contributed by atoms with E-state index in [1.807, 2.05) is 27.7 Å². The number of ether oxygens (including phenoxy) is 1. The maximum Gasteiger partial charge on any atom is 0.410 e. The highest BCUT2D eigenvalue weighted by atomic mass is 19.1. The highest BCUT2D eigenvalue weighted by Crippen LogP contribution is 2.23. The van der Waals surface area contributed by atoms with E-state index in [1.165, 1.54) is 12.1 Å². The van der Waals surface area contributed by atoms with E-state index in [0.717, 1.165) is 5.56 Å². The molecule has 5 nitrogen and oxygen atoms in total. The van der Waals surface area contributed by atoms with Crippen LogP contribution in [0.4, 0.5) is 9.18 Å². The van der Waals surface area contributed by atoms with Crippen molar-refractivity contribution in [2.45, 2.75) is 45.6 Å². The van der Waals surface area contributed by atoms with Crippen LogP contribution in [0.25, 0.3) is 0 Å². The average molecular weight is 350 g/mol. The van der Waals surface area contributed by atoms with Gasteiger partial charge in [-0.05, 0) is 44.9 Å². The number of benzene rings is 1. The Morgan fingerprint density at radius 3 is 2.08 bits per heavy atom. The third kappa shape index (κ3) is 5.18. The molecule has 0 bridgehead atoms. The van der Waals surface area contributed by atoms with E-state index in [2.05, 4.69) is 0 Å². The highest BCUT2D eigenvalue weighted by molar-refractivity contribution is 5.84. The first-order valence-electron chi connectivity index (χ1n) is 8.73. The van der Waals surface area contributed by atoms with Gasteiger partial charge in [-0.1, -0.05) is 19.1 Å². The fourth-order valence-corrected chi connectivity index (χ4v) is 2.90. The van der Waals surface area contributed by atoms with Crippen LogP contribution in [0.2, 0.25) is 0 Å². The Balaban J connectivity index is 1.95. The number of hydrogen-bond acceptors (Lipinski definition) is 3. The Morgan fingerprint density at radius 1 is 1.08 bits per heavy atom. The van der Waals surface area contributed by atoms with Crippen LogP contribution in [0.15, 0.2) is 24.3 Å².